The van der Waals surface area contributed by atoms with Crippen molar-refractivity contribution in [3.05, 3.63) is 11.1 Å². The van der Waals surface area contributed by atoms with Gasteiger partial charge >= 0.3 is 0 Å². The van der Waals surface area contributed by atoms with E-state index in [2.05, 4.69) is 34.0 Å². The minimum atomic E-state index is 0.656. The lowest BCUT2D eigenvalue weighted by molar-refractivity contribution is 0.196. The maximum absolute atomic E-state index is 5.73. The van der Waals surface area contributed by atoms with E-state index >= 15 is 0 Å². The number of nitrogens with zero attached hydrogens (tertiary/aromatic N) is 3. The summed E-state index contributed by atoms with van der Waals surface area (Å²) in [5.74, 6) is 0. The highest BCUT2D eigenvalue weighted by Gasteiger charge is 2.21. The SMILES string of the molecule is CCC(CCN)N1CCCN(c2nc(C)cs2)CC1. The second-order valence-electron chi connectivity index (χ2n) is 5.29. The molecule has 0 saturated carbocycles. The lowest BCUT2D eigenvalue weighted by atomic mass is 10.1. The van der Waals surface area contributed by atoms with Crippen LogP contribution < -0.4 is 10.6 Å². The number of hydrogen-bond donors (Lipinski definition) is 1. The van der Waals surface area contributed by atoms with Gasteiger partial charge in [0.15, 0.2) is 5.13 Å². The fourth-order valence-corrected chi connectivity index (χ4v) is 3.67. The van der Waals surface area contributed by atoms with E-state index in [4.69, 9.17) is 5.73 Å². The van der Waals surface area contributed by atoms with Gasteiger partial charge in [0.1, 0.15) is 0 Å². The van der Waals surface area contributed by atoms with Crippen LogP contribution in [0.15, 0.2) is 5.38 Å². The quantitative estimate of drug-likeness (QED) is 0.898. The van der Waals surface area contributed by atoms with Crippen molar-refractivity contribution in [1.82, 2.24) is 9.88 Å². The van der Waals surface area contributed by atoms with E-state index < -0.39 is 0 Å². The Morgan fingerprint density at radius 1 is 1.37 bits per heavy atom. The lowest BCUT2D eigenvalue weighted by Gasteiger charge is -2.29. The minimum Gasteiger partial charge on any atom is -0.347 e. The van der Waals surface area contributed by atoms with Crippen LogP contribution >= 0.6 is 11.3 Å². The van der Waals surface area contributed by atoms with E-state index in [1.807, 2.05) is 0 Å². The van der Waals surface area contributed by atoms with Gasteiger partial charge in [-0.05, 0) is 32.7 Å². The number of hydrogen-bond acceptors (Lipinski definition) is 5. The number of anilines is 1. The van der Waals surface area contributed by atoms with E-state index in [-0.39, 0.29) is 0 Å². The first-order chi connectivity index (χ1) is 9.24. The third-order valence-electron chi connectivity index (χ3n) is 3.90. The number of aromatic nitrogens is 1. The molecule has 1 saturated heterocycles. The highest BCUT2D eigenvalue weighted by molar-refractivity contribution is 7.13. The van der Waals surface area contributed by atoms with Crippen LogP contribution in [0.2, 0.25) is 0 Å². The number of thiazole rings is 1. The van der Waals surface area contributed by atoms with Gasteiger partial charge in [-0.15, -0.1) is 11.3 Å². The molecule has 2 N–H and O–H groups in total. The van der Waals surface area contributed by atoms with Gasteiger partial charge in [-0.2, -0.15) is 0 Å². The van der Waals surface area contributed by atoms with Crippen molar-refractivity contribution >= 4 is 16.5 Å². The number of rotatable bonds is 5. The van der Waals surface area contributed by atoms with Gasteiger partial charge in [0.05, 0.1) is 5.69 Å². The monoisotopic (exact) mass is 282 g/mol. The van der Waals surface area contributed by atoms with Gasteiger partial charge < -0.3 is 10.6 Å². The summed E-state index contributed by atoms with van der Waals surface area (Å²) in [6.45, 7) is 9.68. The molecule has 0 aliphatic carbocycles. The summed E-state index contributed by atoms with van der Waals surface area (Å²) in [6, 6.07) is 0.656. The second-order valence-corrected chi connectivity index (χ2v) is 6.12. The molecule has 0 radical (unpaired) electrons. The number of nitrogens with two attached hydrogens (primary N) is 1. The maximum atomic E-state index is 5.73. The zero-order chi connectivity index (χ0) is 13.7. The highest BCUT2D eigenvalue weighted by atomic mass is 32.1. The number of aryl methyl sites for hydroxylation is 1. The molecule has 4 nitrogen and oxygen atoms in total. The van der Waals surface area contributed by atoms with Crippen LogP contribution in [0.25, 0.3) is 0 Å². The molecule has 0 bridgehead atoms. The molecule has 0 aromatic carbocycles. The Morgan fingerprint density at radius 3 is 2.84 bits per heavy atom. The third-order valence-corrected chi connectivity index (χ3v) is 4.91. The van der Waals surface area contributed by atoms with E-state index in [0.29, 0.717) is 6.04 Å². The second kappa shape index (κ2) is 7.22. The summed E-state index contributed by atoms with van der Waals surface area (Å²) in [5.41, 5.74) is 6.86. The van der Waals surface area contributed by atoms with Crippen molar-refractivity contribution < 1.29 is 0 Å². The van der Waals surface area contributed by atoms with Crippen molar-refractivity contribution in [2.24, 2.45) is 5.73 Å². The molecule has 0 spiro atoms. The topological polar surface area (TPSA) is 45.4 Å². The first-order valence-electron chi connectivity index (χ1n) is 7.35. The Bertz CT molecular complexity index is 379. The average Bonchev–Trinajstić information content (AvgIpc) is 2.70. The van der Waals surface area contributed by atoms with Crippen molar-refractivity contribution in [3.8, 4) is 0 Å². The molecule has 1 aliphatic rings. The van der Waals surface area contributed by atoms with Gasteiger partial charge in [0.25, 0.3) is 0 Å². The first-order valence-corrected chi connectivity index (χ1v) is 8.23. The van der Waals surface area contributed by atoms with Crippen LogP contribution in [-0.4, -0.2) is 48.6 Å². The van der Waals surface area contributed by atoms with Gasteiger partial charge in [-0.25, -0.2) is 4.98 Å². The molecule has 1 unspecified atom stereocenters. The Kier molecular flexibility index (Phi) is 5.60. The zero-order valence-electron chi connectivity index (χ0n) is 12.1. The van der Waals surface area contributed by atoms with E-state index in [1.165, 1.54) is 24.5 Å². The fourth-order valence-electron chi connectivity index (χ4n) is 2.82. The molecule has 5 heteroatoms. The summed E-state index contributed by atoms with van der Waals surface area (Å²) in [6.07, 6.45) is 3.54. The molecule has 1 fully saturated rings. The molecule has 1 aliphatic heterocycles. The van der Waals surface area contributed by atoms with Crippen molar-refractivity contribution in [1.29, 1.82) is 0 Å². The van der Waals surface area contributed by atoms with Crippen molar-refractivity contribution in [2.75, 3.05) is 37.6 Å². The summed E-state index contributed by atoms with van der Waals surface area (Å²) in [4.78, 5) is 9.66. The van der Waals surface area contributed by atoms with Crippen LogP contribution in [-0.2, 0) is 0 Å². The molecule has 108 valence electrons. The minimum absolute atomic E-state index is 0.656. The van der Waals surface area contributed by atoms with E-state index in [9.17, 15) is 0 Å². The van der Waals surface area contributed by atoms with E-state index in [1.54, 1.807) is 11.3 Å². The standard InChI is InChI=1S/C14H26N4S/c1-3-13(5-6-15)17-7-4-8-18(10-9-17)14-16-12(2)11-19-14/h11,13H,3-10,15H2,1-2H3. The molecular weight excluding hydrogens is 256 g/mol. The summed E-state index contributed by atoms with van der Waals surface area (Å²) in [7, 11) is 0. The molecular formula is C14H26N4S. The van der Waals surface area contributed by atoms with Crippen LogP contribution in [0, 0.1) is 6.92 Å². The highest BCUT2D eigenvalue weighted by Crippen LogP contribution is 2.22. The Labute approximate surface area is 120 Å². The van der Waals surface area contributed by atoms with E-state index in [0.717, 1.165) is 38.3 Å². The molecule has 2 heterocycles. The van der Waals surface area contributed by atoms with Crippen LogP contribution in [0.3, 0.4) is 0 Å². The lowest BCUT2D eigenvalue weighted by Crippen LogP contribution is -2.39. The van der Waals surface area contributed by atoms with Crippen LogP contribution in [0.4, 0.5) is 5.13 Å². The summed E-state index contributed by atoms with van der Waals surface area (Å²) in [5, 5.41) is 3.33. The van der Waals surface area contributed by atoms with Crippen molar-refractivity contribution in [3.63, 3.8) is 0 Å². The molecule has 19 heavy (non-hydrogen) atoms. The van der Waals surface area contributed by atoms with Gasteiger partial charge in [-0.1, -0.05) is 6.92 Å². The first kappa shape index (κ1) is 14.8. The fraction of sp³-hybridized carbons (Fsp3) is 0.786. The average molecular weight is 282 g/mol. The molecule has 2 rings (SSSR count). The predicted octanol–water partition coefficient (Wildman–Crippen LogP) is 2.09. The Hall–Kier alpha value is -0.650. The van der Waals surface area contributed by atoms with Crippen LogP contribution in [0.5, 0.6) is 0 Å². The summed E-state index contributed by atoms with van der Waals surface area (Å²) < 4.78 is 0. The predicted molar refractivity (Wildman–Crippen MR) is 83.0 cm³/mol. The zero-order valence-corrected chi connectivity index (χ0v) is 13.0. The van der Waals surface area contributed by atoms with Gasteiger partial charge in [-0.3, -0.25) is 4.90 Å². The Balaban J connectivity index is 1.94. The van der Waals surface area contributed by atoms with Crippen molar-refractivity contribution in [2.45, 2.75) is 39.2 Å². The normalized spacial score (nSPS) is 19.4. The smallest absolute Gasteiger partial charge is 0.185 e. The Morgan fingerprint density at radius 2 is 2.21 bits per heavy atom. The maximum Gasteiger partial charge on any atom is 0.185 e. The molecule has 1 atom stereocenters. The molecule has 0 amide bonds. The largest absolute Gasteiger partial charge is 0.347 e. The third kappa shape index (κ3) is 3.91. The summed E-state index contributed by atoms with van der Waals surface area (Å²) >= 11 is 1.77. The molecule has 1 aromatic heterocycles. The van der Waals surface area contributed by atoms with Gasteiger partial charge in [0.2, 0.25) is 0 Å². The molecule has 1 aromatic rings. The van der Waals surface area contributed by atoms with Crippen LogP contribution in [0.1, 0.15) is 31.9 Å². The van der Waals surface area contributed by atoms with Gasteiger partial charge in [0, 0.05) is 37.6 Å².